The minimum atomic E-state index is -2.87. The van der Waals surface area contributed by atoms with Crippen LogP contribution in [0.4, 0.5) is 0 Å². The zero-order valence-electron chi connectivity index (χ0n) is 23.4. The molecule has 7 heteroatoms. The quantitative estimate of drug-likeness (QED) is 0.457. The fourth-order valence-electron chi connectivity index (χ4n) is 6.14. The van der Waals surface area contributed by atoms with Crippen LogP contribution < -0.4 is 10.4 Å². The Balaban J connectivity index is 1.58. The Morgan fingerprint density at radius 1 is 0.846 bits per heavy atom. The molecule has 4 atom stereocenters. The number of carbonyl (C=O) groups is 1. The van der Waals surface area contributed by atoms with E-state index in [-0.39, 0.29) is 17.6 Å². The molecule has 2 saturated heterocycles. The molecular formula is C32H39NO5Si. The standard InChI is InChI=1S/C32H39NO5Si/c1-31(2,3)39(24-17-11-7-12-18-24,25-19-13-8-14-20-25)36-22-26-28-29(38-32(4,5)37-28)27(34)30(35)33(26)21-23-15-9-6-10-16-23/h6-20,26-29,34H,21-22H2,1-5H3/t26-,27+,28-,29-/m1/s1. The second-order valence-electron chi connectivity index (χ2n) is 12.0. The number of ether oxygens (including phenoxy) is 2. The number of carbonyl (C=O) groups excluding carboxylic acids is 1. The average Bonchev–Trinajstić information content (AvgIpc) is 3.25. The number of likely N-dealkylation sites (tertiary alicyclic amines) is 1. The molecule has 2 aliphatic rings. The fraction of sp³-hybridized carbons (Fsp3) is 0.406. The van der Waals surface area contributed by atoms with Crippen LogP contribution in [0.1, 0.15) is 40.2 Å². The van der Waals surface area contributed by atoms with Crippen LogP contribution in [0.3, 0.4) is 0 Å². The van der Waals surface area contributed by atoms with E-state index in [2.05, 4.69) is 69.3 Å². The summed E-state index contributed by atoms with van der Waals surface area (Å²) >= 11 is 0. The van der Waals surface area contributed by atoms with Gasteiger partial charge >= 0.3 is 0 Å². The van der Waals surface area contributed by atoms with Gasteiger partial charge in [0.05, 0.1) is 12.6 Å². The summed E-state index contributed by atoms with van der Waals surface area (Å²) < 4.78 is 19.7. The Kier molecular flexibility index (Phi) is 7.56. The van der Waals surface area contributed by atoms with Gasteiger partial charge in [0.15, 0.2) is 11.9 Å². The summed E-state index contributed by atoms with van der Waals surface area (Å²) in [6.07, 6.45) is -2.59. The van der Waals surface area contributed by atoms with Crippen LogP contribution in [-0.4, -0.2) is 61.0 Å². The zero-order chi connectivity index (χ0) is 27.8. The summed E-state index contributed by atoms with van der Waals surface area (Å²) in [4.78, 5) is 15.4. The van der Waals surface area contributed by atoms with Crippen molar-refractivity contribution in [2.75, 3.05) is 6.61 Å². The Morgan fingerprint density at radius 3 is 1.85 bits per heavy atom. The first-order chi connectivity index (χ1) is 18.5. The summed E-state index contributed by atoms with van der Waals surface area (Å²) in [5, 5.41) is 13.1. The normalized spacial score (nSPS) is 25.0. The highest BCUT2D eigenvalue weighted by Gasteiger charge is 2.58. The van der Waals surface area contributed by atoms with Crippen molar-refractivity contribution in [2.45, 2.75) is 76.3 Å². The molecule has 0 aliphatic carbocycles. The highest BCUT2D eigenvalue weighted by molar-refractivity contribution is 6.99. The number of benzene rings is 3. The number of fused-ring (bicyclic) bond motifs is 1. The van der Waals surface area contributed by atoms with Crippen LogP contribution in [0.2, 0.25) is 5.04 Å². The Labute approximate surface area is 232 Å². The molecule has 5 rings (SSSR count). The van der Waals surface area contributed by atoms with E-state index < -0.39 is 38.5 Å². The van der Waals surface area contributed by atoms with Gasteiger partial charge in [0.1, 0.15) is 12.2 Å². The van der Waals surface area contributed by atoms with Crippen molar-refractivity contribution >= 4 is 24.6 Å². The van der Waals surface area contributed by atoms with E-state index in [0.29, 0.717) is 6.54 Å². The third kappa shape index (κ3) is 5.22. The number of rotatable bonds is 7. The van der Waals surface area contributed by atoms with Crippen molar-refractivity contribution in [1.29, 1.82) is 0 Å². The SMILES string of the molecule is CC1(C)O[C@H]2[C@H](O1)[C@@H](CO[Si](c1ccccc1)(c1ccccc1)C(C)(C)C)N(Cc1ccccc1)C(=O)[C@H]2O. The van der Waals surface area contributed by atoms with Gasteiger partial charge in [-0.25, -0.2) is 0 Å². The van der Waals surface area contributed by atoms with Crippen LogP contribution in [0.5, 0.6) is 0 Å². The monoisotopic (exact) mass is 545 g/mol. The van der Waals surface area contributed by atoms with E-state index >= 15 is 0 Å². The highest BCUT2D eigenvalue weighted by Crippen LogP contribution is 2.40. The molecule has 2 heterocycles. The lowest BCUT2D eigenvalue weighted by Gasteiger charge is -2.47. The predicted molar refractivity (Wildman–Crippen MR) is 154 cm³/mol. The number of hydrogen-bond donors (Lipinski definition) is 1. The van der Waals surface area contributed by atoms with Gasteiger partial charge in [-0.05, 0) is 34.8 Å². The molecule has 0 bridgehead atoms. The van der Waals surface area contributed by atoms with Crippen LogP contribution in [0, 0.1) is 0 Å². The van der Waals surface area contributed by atoms with E-state index in [9.17, 15) is 9.90 Å². The lowest BCUT2D eigenvalue weighted by molar-refractivity contribution is -0.165. The number of amides is 1. The molecule has 0 spiro atoms. The Bertz CT molecular complexity index is 1220. The largest absolute Gasteiger partial charge is 0.405 e. The van der Waals surface area contributed by atoms with Gasteiger partial charge in [0, 0.05) is 6.54 Å². The van der Waals surface area contributed by atoms with Crippen LogP contribution >= 0.6 is 0 Å². The van der Waals surface area contributed by atoms with Gasteiger partial charge in [-0.15, -0.1) is 0 Å². The molecule has 1 amide bonds. The first kappa shape index (κ1) is 27.7. The molecular weight excluding hydrogens is 506 g/mol. The molecule has 206 valence electrons. The second-order valence-corrected chi connectivity index (χ2v) is 16.3. The summed E-state index contributed by atoms with van der Waals surface area (Å²) in [7, 11) is -2.87. The molecule has 0 radical (unpaired) electrons. The third-order valence-corrected chi connectivity index (χ3v) is 12.9. The maximum absolute atomic E-state index is 13.7. The van der Waals surface area contributed by atoms with E-state index in [1.54, 1.807) is 4.90 Å². The van der Waals surface area contributed by atoms with Gasteiger partial charge in [-0.3, -0.25) is 4.79 Å². The number of piperidine rings is 1. The fourth-order valence-corrected chi connectivity index (χ4v) is 10.7. The number of aliphatic hydroxyl groups excluding tert-OH is 1. The maximum atomic E-state index is 13.7. The topological polar surface area (TPSA) is 68.2 Å². The van der Waals surface area contributed by atoms with Crippen molar-refractivity contribution in [3.63, 3.8) is 0 Å². The van der Waals surface area contributed by atoms with E-state index in [1.807, 2.05) is 56.3 Å². The van der Waals surface area contributed by atoms with E-state index in [1.165, 1.54) is 10.4 Å². The van der Waals surface area contributed by atoms with Gasteiger partial charge in [-0.2, -0.15) is 0 Å². The van der Waals surface area contributed by atoms with Crippen LogP contribution in [0.15, 0.2) is 91.0 Å². The van der Waals surface area contributed by atoms with Crippen LogP contribution in [-0.2, 0) is 25.2 Å². The molecule has 0 aromatic heterocycles. The van der Waals surface area contributed by atoms with Crippen molar-refractivity contribution in [3.8, 4) is 0 Å². The van der Waals surface area contributed by atoms with Gasteiger partial charge < -0.3 is 23.9 Å². The van der Waals surface area contributed by atoms with Gasteiger partial charge in [0.25, 0.3) is 14.2 Å². The van der Waals surface area contributed by atoms with Crippen molar-refractivity contribution < 1.29 is 23.8 Å². The summed E-state index contributed by atoms with van der Waals surface area (Å²) in [6, 6.07) is 30.3. The average molecular weight is 546 g/mol. The molecule has 1 N–H and O–H groups in total. The molecule has 2 aliphatic heterocycles. The van der Waals surface area contributed by atoms with E-state index in [0.717, 1.165) is 5.56 Å². The number of hydrogen-bond acceptors (Lipinski definition) is 5. The summed E-state index contributed by atoms with van der Waals surface area (Å²) in [6.45, 7) is 10.9. The molecule has 39 heavy (non-hydrogen) atoms. The Hall–Kier alpha value is -2.81. The molecule has 6 nitrogen and oxygen atoms in total. The number of nitrogens with zero attached hydrogens (tertiary/aromatic N) is 1. The summed E-state index contributed by atoms with van der Waals surface area (Å²) in [5.74, 6) is -1.29. The highest BCUT2D eigenvalue weighted by atomic mass is 28.4. The Morgan fingerprint density at radius 2 is 1.33 bits per heavy atom. The van der Waals surface area contributed by atoms with Crippen LogP contribution in [0.25, 0.3) is 0 Å². The van der Waals surface area contributed by atoms with Gasteiger partial charge in [-0.1, -0.05) is 112 Å². The smallest absolute Gasteiger partial charge is 0.261 e. The van der Waals surface area contributed by atoms with Gasteiger partial charge in [0.2, 0.25) is 0 Å². The first-order valence-electron chi connectivity index (χ1n) is 13.7. The third-order valence-electron chi connectivity index (χ3n) is 7.87. The predicted octanol–water partition coefficient (Wildman–Crippen LogP) is 3.86. The number of aliphatic hydroxyl groups is 1. The molecule has 3 aromatic carbocycles. The first-order valence-corrected chi connectivity index (χ1v) is 15.6. The second kappa shape index (κ2) is 10.6. The minimum Gasteiger partial charge on any atom is -0.405 e. The maximum Gasteiger partial charge on any atom is 0.261 e. The lowest BCUT2D eigenvalue weighted by atomic mass is 9.93. The van der Waals surface area contributed by atoms with E-state index in [4.69, 9.17) is 13.9 Å². The minimum absolute atomic E-state index is 0.218. The lowest BCUT2D eigenvalue weighted by Crippen LogP contribution is -2.69. The van der Waals surface area contributed by atoms with Crippen molar-refractivity contribution in [1.82, 2.24) is 4.90 Å². The molecule has 0 unspecified atom stereocenters. The molecule has 2 fully saturated rings. The zero-order valence-corrected chi connectivity index (χ0v) is 24.4. The summed E-state index contributed by atoms with van der Waals surface area (Å²) in [5.41, 5.74) is 0.977. The molecule has 0 saturated carbocycles. The van der Waals surface area contributed by atoms with Crippen molar-refractivity contribution in [2.24, 2.45) is 0 Å². The molecule has 3 aromatic rings. The van der Waals surface area contributed by atoms with Crippen molar-refractivity contribution in [3.05, 3.63) is 96.6 Å².